The highest BCUT2D eigenvalue weighted by atomic mass is 35.5. The first-order valence-corrected chi connectivity index (χ1v) is 7.11. The van der Waals surface area contributed by atoms with Crippen molar-refractivity contribution in [2.45, 2.75) is 19.3 Å². The summed E-state index contributed by atoms with van der Waals surface area (Å²) in [6, 6.07) is 12.9. The number of carbonyl (C=O) groups excluding carboxylic acids is 1. The van der Waals surface area contributed by atoms with Crippen LogP contribution in [0.3, 0.4) is 0 Å². The molecule has 0 aromatic heterocycles. The van der Waals surface area contributed by atoms with E-state index in [4.69, 9.17) is 28.9 Å². The van der Waals surface area contributed by atoms with Gasteiger partial charge in [-0.2, -0.15) is 0 Å². The maximum absolute atomic E-state index is 12.0. The van der Waals surface area contributed by atoms with Crippen molar-refractivity contribution in [1.82, 2.24) is 0 Å². The Morgan fingerprint density at radius 3 is 2.60 bits per heavy atom. The number of aryl methyl sites for hydroxylation is 1. The van der Waals surface area contributed by atoms with Crippen LogP contribution in [0.5, 0.6) is 0 Å². The Labute approximate surface area is 128 Å². The maximum Gasteiger partial charge on any atom is 0.137 e. The molecule has 0 bridgehead atoms. The number of rotatable bonds is 5. The zero-order valence-electron chi connectivity index (χ0n) is 10.9. The summed E-state index contributed by atoms with van der Waals surface area (Å²) in [5.41, 5.74) is 8.26. The highest BCUT2D eigenvalue weighted by molar-refractivity contribution is 6.42. The molecule has 0 spiro atoms. The lowest BCUT2D eigenvalue weighted by atomic mass is 10.0. The van der Waals surface area contributed by atoms with E-state index < -0.39 is 0 Å². The fourth-order valence-corrected chi connectivity index (χ4v) is 2.41. The summed E-state index contributed by atoms with van der Waals surface area (Å²) in [6.45, 7) is 0. The van der Waals surface area contributed by atoms with E-state index in [1.807, 2.05) is 30.3 Å². The molecule has 0 saturated heterocycles. The topological polar surface area (TPSA) is 43.1 Å². The quantitative estimate of drug-likeness (QED) is 0.836. The maximum atomic E-state index is 12.0. The van der Waals surface area contributed by atoms with E-state index >= 15 is 0 Å². The van der Waals surface area contributed by atoms with Crippen molar-refractivity contribution in [2.24, 2.45) is 0 Å². The number of halogens is 2. The average Bonchev–Trinajstić information content (AvgIpc) is 2.42. The van der Waals surface area contributed by atoms with Crippen molar-refractivity contribution in [3.8, 4) is 0 Å². The van der Waals surface area contributed by atoms with E-state index in [0.29, 0.717) is 35.0 Å². The Bertz CT molecular complexity index is 626. The first kappa shape index (κ1) is 14.9. The van der Waals surface area contributed by atoms with E-state index in [-0.39, 0.29) is 5.78 Å². The normalized spacial score (nSPS) is 10.5. The smallest absolute Gasteiger partial charge is 0.137 e. The standard InChI is InChI=1S/C16H15Cl2NO/c17-15-6-2-4-12(16(15)18)10-14(20)8-7-11-3-1-5-13(19)9-11/h1-6,9H,7-8,10,19H2. The molecule has 0 aliphatic carbocycles. The third-order valence-electron chi connectivity index (χ3n) is 3.06. The molecule has 0 saturated carbocycles. The van der Waals surface area contributed by atoms with Crippen LogP contribution < -0.4 is 5.73 Å². The molecule has 2 aromatic carbocycles. The summed E-state index contributed by atoms with van der Waals surface area (Å²) >= 11 is 12.0. The number of Topliss-reactive ketones (excluding diaryl/α,β-unsaturated/α-hetero) is 1. The summed E-state index contributed by atoms with van der Waals surface area (Å²) in [5, 5.41) is 0.944. The molecule has 0 atom stereocenters. The lowest BCUT2D eigenvalue weighted by Crippen LogP contribution is -2.05. The minimum Gasteiger partial charge on any atom is -0.399 e. The summed E-state index contributed by atoms with van der Waals surface area (Å²) in [5.74, 6) is 0.136. The van der Waals surface area contributed by atoms with Crippen molar-refractivity contribution in [2.75, 3.05) is 5.73 Å². The van der Waals surface area contributed by atoms with Gasteiger partial charge in [0.05, 0.1) is 10.0 Å². The Kier molecular flexibility index (Phi) is 5.05. The number of benzene rings is 2. The molecule has 0 heterocycles. The predicted molar refractivity (Wildman–Crippen MR) is 84.3 cm³/mol. The van der Waals surface area contributed by atoms with Gasteiger partial charge in [0.1, 0.15) is 5.78 Å². The number of hydrogen-bond donors (Lipinski definition) is 1. The van der Waals surface area contributed by atoms with Crippen molar-refractivity contribution in [1.29, 1.82) is 0 Å². The van der Waals surface area contributed by atoms with Crippen LogP contribution in [-0.4, -0.2) is 5.78 Å². The molecule has 0 radical (unpaired) electrons. The van der Waals surface area contributed by atoms with E-state index in [1.54, 1.807) is 12.1 Å². The molecular formula is C16H15Cl2NO. The van der Waals surface area contributed by atoms with E-state index in [2.05, 4.69) is 0 Å². The van der Waals surface area contributed by atoms with E-state index in [0.717, 1.165) is 11.1 Å². The molecule has 4 heteroatoms. The molecule has 2 N–H and O–H groups in total. The molecule has 2 rings (SSSR count). The van der Waals surface area contributed by atoms with Gasteiger partial charge in [0, 0.05) is 18.5 Å². The first-order chi connectivity index (χ1) is 9.56. The van der Waals surface area contributed by atoms with Crippen LogP contribution in [-0.2, 0) is 17.6 Å². The second-order valence-electron chi connectivity index (χ2n) is 4.67. The van der Waals surface area contributed by atoms with E-state index in [1.165, 1.54) is 0 Å². The molecule has 2 nitrogen and oxygen atoms in total. The van der Waals surface area contributed by atoms with Gasteiger partial charge in [0.2, 0.25) is 0 Å². The monoisotopic (exact) mass is 307 g/mol. The minimum absolute atomic E-state index is 0.136. The molecule has 104 valence electrons. The van der Waals surface area contributed by atoms with Gasteiger partial charge in [0.25, 0.3) is 0 Å². The van der Waals surface area contributed by atoms with Gasteiger partial charge in [-0.3, -0.25) is 4.79 Å². The Balaban J connectivity index is 1.94. The molecule has 0 unspecified atom stereocenters. The zero-order valence-corrected chi connectivity index (χ0v) is 12.4. The molecule has 0 amide bonds. The molecular weight excluding hydrogens is 293 g/mol. The van der Waals surface area contributed by atoms with Crippen molar-refractivity contribution in [3.05, 3.63) is 63.6 Å². The predicted octanol–water partition coefficient (Wildman–Crippen LogP) is 4.32. The van der Waals surface area contributed by atoms with Gasteiger partial charge in [-0.15, -0.1) is 0 Å². The average molecular weight is 308 g/mol. The van der Waals surface area contributed by atoms with Crippen molar-refractivity contribution < 1.29 is 4.79 Å². The van der Waals surface area contributed by atoms with Crippen LogP contribution in [0.2, 0.25) is 10.0 Å². The van der Waals surface area contributed by atoms with Crippen LogP contribution >= 0.6 is 23.2 Å². The second kappa shape index (κ2) is 6.78. The molecule has 0 fully saturated rings. The van der Waals surface area contributed by atoms with Crippen LogP contribution in [0.1, 0.15) is 17.5 Å². The van der Waals surface area contributed by atoms with Gasteiger partial charge in [-0.05, 0) is 35.7 Å². The third kappa shape index (κ3) is 3.99. The van der Waals surface area contributed by atoms with E-state index in [9.17, 15) is 4.79 Å². The van der Waals surface area contributed by atoms with Crippen LogP contribution in [0.4, 0.5) is 5.69 Å². The van der Waals surface area contributed by atoms with Gasteiger partial charge < -0.3 is 5.73 Å². The summed E-state index contributed by atoms with van der Waals surface area (Å²) in [4.78, 5) is 12.0. The number of nitrogen functional groups attached to an aromatic ring is 1. The summed E-state index contributed by atoms with van der Waals surface area (Å²) < 4.78 is 0. The Morgan fingerprint density at radius 1 is 1.10 bits per heavy atom. The van der Waals surface area contributed by atoms with Crippen LogP contribution in [0.25, 0.3) is 0 Å². The Hall–Kier alpha value is -1.51. The second-order valence-corrected chi connectivity index (χ2v) is 5.46. The van der Waals surface area contributed by atoms with Gasteiger partial charge in [-0.1, -0.05) is 47.5 Å². The molecule has 2 aromatic rings. The number of anilines is 1. The summed E-state index contributed by atoms with van der Waals surface area (Å²) in [6.07, 6.45) is 1.45. The highest BCUT2D eigenvalue weighted by Crippen LogP contribution is 2.26. The molecule has 0 aliphatic heterocycles. The minimum atomic E-state index is 0.136. The zero-order chi connectivity index (χ0) is 14.5. The largest absolute Gasteiger partial charge is 0.399 e. The molecule has 20 heavy (non-hydrogen) atoms. The number of nitrogens with two attached hydrogens (primary N) is 1. The van der Waals surface area contributed by atoms with Gasteiger partial charge in [-0.25, -0.2) is 0 Å². The highest BCUT2D eigenvalue weighted by Gasteiger charge is 2.09. The number of ketones is 1. The van der Waals surface area contributed by atoms with Crippen molar-refractivity contribution >= 4 is 34.7 Å². The van der Waals surface area contributed by atoms with Crippen LogP contribution in [0.15, 0.2) is 42.5 Å². The first-order valence-electron chi connectivity index (χ1n) is 6.35. The number of carbonyl (C=O) groups is 1. The summed E-state index contributed by atoms with van der Waals surface area (Å²) in [7, 11) is 0. The number of hydrogen-bond acceptors (Lipinski definition) is 2. The fraction of sp³-hybridized carbons (Fsp3) is 0.188. The lowest BCUT2D eigenvalue weighted by molar-refractivity contribution is -0.118. The van der Waals surface area contributed by atoms with Crippen molar-refractivity contribution in [3.63, 3.8) is 0 Å². The van der Waals surface area contributed by atoms with Gasteiger partial charge >= 0.3 is 0 Å². The Morgan fingerprint density at radius 2 is 1.85 bits per heavy atom. The molecule has 0 aliphatic rings. The van der Waals surface area contributed by atoms with Gasteiger partial charge in [0.15, 0.2) is 0 Å². The lowest BCUT2D eigenvalue weighted by Gasteiger charge is -2.06. The SMILES string of the molecule is Nc1cccc(CCC(=O)Cc2cccc(Cl)c2Cl)c1. The fourth-order valence-electron chi connectivity index (χ4n) is 2.02. The van der Waals surface area contributed by atoms with Crippen LogP contribution in [0, 0.1) is 0 Å². The third-order valence-corrected chi connectivity index (χ3v) is 3.92.